The van der Waals surface area contributed by atoms with Crippen molar-refractivity contribution in [3.8, 4) is 0 Å². The molecule has 0 aromatic heterocycles. The molecule has 0 spiro atoms. The van der Waals surface area contributed by atoms with Gasteiger partial charge in [-0.3, -0.25) is 0 Å². The van der Waals surface area contributed by atoms with Crippen LogP contribution < -0.4 is 29.6 Å². The molecule has 0 rings (SSSR count). The van der Waals surface area contributed by atoms with Crippen LogP contribution in [0.4, 0.5) is 0 Å². The van der Waals surface area contributed by atoms with E-state index in [4.69, 9.17) is 40.9 Å². The summed E-state index contributed by atoms with van der Waals surface area (Å²) in [5.74, 6) is 0. The second-order valence-corrected chi connectivity index (χ2v) is 2.58. The first-order valence-corrected chi connectivity index (χ1v) is 3.87. The van der Waals surface area contributed by atoms with E-state index < -0.39 is 36.1 Å². The quantitative estimate of drug-likeness (QED) is 0.139. The third kappa shape index (κ3) is 11.9. The molecular formula is C6H12NNaO9. The van der Waals surface area contributed by atoms with Gasteiger partial charge < -0.3 is 45.6 Å². The van der Waals surface area contributed by atoms with Gasteiger partial charge in [0.1, 0.15) is 24.4 Å². The van der Waals surface area contributed by atoms with Crippen LogP contribution in [0.25, 0.3) is 0 Å². The van der Waals surface area contributed by atoms with Gasteiger partial charge in [0.2, 0.25) is 0 Å². The van der Waals surface area contributed by atoms with Crippen LogP contribution in [0.1, 0.15) is 0 Å². The van der Waals surface area contributed by atoms with Gasteiger partial charge in [-0.1, -0.05) is 0 Å². The van der Waals surface area contributed by atoms with Crippen LogP contribution in [0.5, 0.6) is 0 Å². The number of aldehydes is 1. The van der Waals surface area contributed by atoms with Crippen LogP contribution in [0, 0.1) is 15.3 Å². The molecule has 5 N–H and O–H groups in total. The van der Waals surface area contributed by atoms with Crippen molar-refractivity contribution >= 4 is 6.29 Å². The summed E-state index contributed by atoms with van der Waals surface area (Å²) in [5.41, 5.74) is 0. The molecule has 0 aliphatic heterocycles. The Morgan fingerprint density at radius 1 is 1.12 bits per heavy atom. The number of hydrogen-bond donors (Lipinski definition) is 5. The van der Waals surface area contributed by atoms with Gasteiger partial charge >= 0.3 is 29.6 Å². The predicted octanol–water partition coefficient (Wildman–Crippen LogP) is -6.61. The van der Waals surface area contributed by atoms with Crippen LogP contribution >= 0.6 is 0 Å². The van der Waals surface area contributed by atoms with Gasteiger partial charge in [-0.05, 0) is 0 Å². The molecule has 0 fully saturated rings. The second-order valence-electron chi connectivity index (χ2n) is 2.58. The molecule has 0 amide bonds. The average molecular weight is 265 g/mol. The van der Waals surface area contributed by atoms with Crippen molar-refractivity contribution in [2.45, 2.75) is 24.4 Å². The summed E-state index contributed by atoms with van der Waals surface area (Å²) in [6.45, 7) is -0.760. The maximum atomic E-state index is 9.90. The van der Waals surface area contributed by atoms with Crippen LogP contribution in [-0.2, 0) is 4.79 Å². The zero-order valence-corrected chi connectivity index (χ0v) is 10.9. The van der Waals surface area contributed by atoms with Gasteiger partial charge in [-0.2, -0.15) is 0 Å². The third-order valence-corrected chi connectivity index (χ3v) is 1.42. The first-order valence-electron chi connectivity index (χ1n) is 3.87. The number of aliphatic hydroxyl groups is 5. The Hall–Kier alpha value is -0.330. The molecule has 0 aromatic carbocycles. The van der Waals surface area contributed by atoms with E-state index in [1.54, 1.807) is 0 Å². The fourth-order valence-electron chi connectivity index (χ4n) is 0.618. The van der Waals surface area contributed by atoms with E-state index in [0.29, 0.717) is 0 Å². The SMILES string of the molecule is O=C[C@H](O)[C@@H](O)[C@H](O)[C@H](O)CO.O=[N+]([O-])[O-].[Na+]. The van der Waals surface area contributed by atoms with Crippen LogP contribution in [0.2, 0.25) is 0 Å². The molecule has 0 radical (unpaired) electrons. The fraction of sp³-hybridized carbons (Fsp3) is 0.833. The van der Waals surface area contributed by atoms with E-state index in [1.165, 1.54) is 0 Å². The monoisotopic (exact) mass is 265 g/mol. The Bertz CT molecular complexity index is 212. The third-order valence-electron chi connectivity index (χ3n) is 1.42. The average Bonchev–Trinajstić information content (AvgIpc) is 2.24. The van der Waals surface area contributed by atoms with Gasteiger partial charge in [0, 0.05) is 0 Å². The molecule has 0 aliphatic rings. The number of hydrogen-bond acceptors (Lipinski definition) is 9. The number of rotatable bonds is 5. The molecule has 0 saturated heterocycles. The van der Waals surface area contributed by atoms with Gasteiger partial charge in [-0.15, -0.1) is 0 Å². The zero-order chi connectivity index (χ0) is 13.3. The van der Waals surface area contributed by atoms with Gasteiger partial charge in [-0.25, -0.2) is 0 Å². The number of aliphatic hydroxyl groups excluding tert-OH is 5. The van der Waals surface area contributed by atoms with E-state index in [0.717, 1.165) is 0 Å². The molecule has 96 valence electrons. The summed E-state index contributed by atoms with van der Waals surface area (Å²) in [5, 5.41) is 58.3. The molecule has 11 heteroatoms. The summed E-state index contributed by atoms with van der Waals surface area (Å²) >= 11 is 0. The van der Waals surface area contributed by atoms with Crippen molar-refractivity contribution in [1.82, 2.24) is 0 Å². The van der Waals surface area contributed by atoms with Crippen molar-refractivity contribution < 1.29 is 65.0 Å². The summed E-state index contributed by atoms with van der Waals surface area (Å²) in [7, 11) is 0. The fourth-order valence-corrected chi connectivity index (χ4v) is 0.618. The van der Waals surface area contributed by atoms with Crippen LogP contribution in [0.15, 0.2) is 0 Å². The van der Waals surface area contributed by atoms with Crippen LogP contribution in [0.3, 0.4) is 0 Å². The van der Waals surface area contributed by atoms with Crippen LogP contribution in [-0.4, -0.2) is 67.9 Å². The summed E-state index contributed by atoms with van der Waals surface area (Å²) < 4.78 is 0. The number of carbonyl (C=O) groups excluding carboxylic acids is 1. The van der Waals surface area contributed by atoms with Crippen molar-refractivity contribution in [3.05, 3.63) is 15.3 Å². The molecule has 17 heavy (non-hydrogen) atoms. The van der Waals surface area contributed by atoms with E-state index in [1.807, 2.05) is 0 Å². The standard InChI is InChI=1S/C6H12O6.NO3.Na/c7-1-3(9)5(11)6(12)4(10)2-8;2-1(3)4;/h1,3-6,8-12H,2H2;;/q;-1;+1/t3-,4+,5+,6+;;/m0../s1. The largest absolute Gasteiger partial charge is 1.00 e. The minimum absolute atomic E-state index is 0. The second kappa shape index (κ2) is 12.1. The molecule has 0 saturated carbocycles. The zero-order valence-electron chi connectivity index (χ0n) is 8.91. The normalized spacial score (nSPS) is 16.3. The Morgan fingerprint density at radius 2 is 1.47 bits per heavy atom. The summed E-state index contributed by atoms with van der Waals surface area (Å²) in [6, 6.07) is 0. The van der Waals surface area contributed by atoms with Gasteiger partial charge in [0.15, 0.2) is 6.29 Å². The maximum absolute atomic E-state index is 9.90. The molecule has 0 heterocycles. The van der Waals surface area contributed by atoms with Gasteiger partial charge in [0.25, 0.3) is 0 Å². The Morgan fingerprint density at radius 3 is 1.71 bits per heavy atom. The van der Waals surface area contributed by atoms with E-state index >= 15 is 0 Å². The molecule has 0 aromatic rings. The predicted molar refractivity (Wildman–Crippen MR) is 47.5 cm³/mol. The topological polar surface area (TPSA) is 184 Å². The van der Waals surface area contributed by atoms with E-state index in [9.17, 15) is 4.79 Å². The Labute approximate surface area is 118 Å². The molecule has 0 aliphatic carbocycles. The van der Waals surface area contributed by atoms with Gasteiger partial charge in [0.05, 0.1) is 11.7 Å². The van der Waals surface area contributed by atoms with Crippen molar-refractivity contribution in [2.24, 2.45) is 0 Å². The first-order chi connectivity index (χ1) is 7.27. The van der Waals surface area contributed by atoms with Crippen molar-refractivity contribution in [3.63, 3.8) is 0 Å². The van der Waals surface area contributed by atoms with E-state index in [-0.39, 0.29) is 35.8 Å². The minimum atomic E-state index is -1.79. The molecule has 10 nitrogen and oxygen atoms in total. The smallest absolute Gasteiger partial charge is 0.394 e. The molecular weight excluding hydrogens is 253 g/mol. The summed E-state index contributed by atoms with van der Waals surface area (Å²) in [6.07, 6.45) is -6.84. The van der Waals surface area contributed by atoms with Crippen molar-refractivity contribution in [2.75, 3.05) is 6.61 Å². The number of nitrogens with zero attached hydrogens (tertiary/aromatic N) is 1. The van der Waals surface area contributed by atoms with E-state index in [2.05, 4.69) is 0 Å². The Kier molecular flexibility index (Phi) is 15.6. The summed E-state index contributed by atoms with van der Waals surface area (Å²) in [4.78, 5) is 18.1. The number of carbonyl (C=O) groups is 1. The maximum Gasteiger partial charge on any atom is 1.00 e. The molecule has 0 bridgehead atoms. The molecule has 0 unspecified atom stereocenters. The Balaban J connectivity index is -0.000000340. The minimum Gasteiger partial charge on any atom is -0.394 e. The van der Waals surface area contributed by atoms with Crippen molar-refractivity contribution in [1.29, 1.82) is 0 Å². The molecule has 4 atom stereocenters. The first kappa shape index (κ1) is 21.9.